The molecule has 6 heteroatoms. The molecule has 0 saturated carbocycles. The number of terminal acetylenes is 1. The van der Waals surface area contributed by atoms with Gasteiger partial charge in [0.1, 0.15) is 5.76 Å². The molecule has 0 saturated heterocycles. The molecule has 0 aliphatic heterocycles. The van der Waals surface area contributed by atoms with Crippen LogP contribution in [0.5, 0.6) is 0 Å². The van der Waals surface area contributed by atoms with Gasteiger partial charge < -0.3 is 4.42 Å². The van der Waals surface area contributed by atoms with Crippen LogP contribution in [-0.2, 0) is 16.6 Å². The van der Waals surface area contributed by atoms with Crippen molar-refractivity contribution in [3.05, 3.63) is 17.9 Å². The summed E-state index contributed by atoms with van der Waals surface area (Å²) in [6, 6.07) is 2.75. The van der Waals surface area contributed by atoms with Crippen molar-refractivity contribution in [2.24, 2.45) is 5.14 Å². The highest BCUT2D eigenvalue weighted by Crippen LogP contribution is 2.11. The highest BCUT2D eigenvalue weighted by atomic mass is 32.2. The quantitative estimate of drug-likeness (QED) is 0.712. The van der Waals surface area contributed by atoms with Gasteiger partial charge in [-0.1, -0.05) is 5.92 Å². The number of sulfonamides is 1. The smallest absolute Gasteiger partial charge is 0.271 e. The molecular formula is C9H12N2O3S. The number of furan rings is 1. The Balaban J connectivity index is 2.67. The molecule has 0 bridgehead atoms. The Bertz CT molecular complexity index is 470. The van der Waals surface area contributed by atoms with Crippen LogP contribution in [0.25, 0.3) is 0 Å². The third-order valence-corrected chi connectivity index (χ3v) is 2.53. The fraction of sp³-hybridized carbons (Fsp3) is 0.333. The first-order valence-electron chi connectivity index (χ1n) is 4.24. The first-order valence-corrected chi connectivity index (χ1v) is 5.79. The van der Waals surface area contributed by atoms with Crippen LogP contribution in [0.1, 0.15) is 12.7 Å². The minimum Gasteiger partial charge on any atom is -0.447 e. The Morgan fingerprint density at radius 3 is 2.80 bits per heavy atom. The van der Waals surface area contributed by atoms with E-state index in [1.165, 1.54) is 12.1 Å². The van der Waals surface area contributed by atoms with Gasteiger partial charge in [-0.2, -0.15) is 0 Å². The average molecular weight is 228 g/mol. The predicted molar refractivity (Wildman–Crippen MR) is 55.2 cm³/mol. The maximum atomic E-state index is 10.9. The van der Waals surface area contributed by atoms with E-state index in [4.69, 9.17) is 16.0 Å². The van der Waals surface area contributed by atoms with Crippen LogP contribution >= 0.6 is 0 Å². The summed E-state index contributed by atoms with van der Waals surface area (Å²) < 4.78 is 26.7. The minimum atomic E-state index is -3.76. The van der Waals surface area contributed by atoms with Crippen molar-refractivity contribution in [2.75, 3.05) is 0 Å². The van der Waals surface area contributed by atoms with Gasteiger partial charge >= 0.3 is 0 Å². The first kappa shape index (κ1) is 11.8. The van der Waals surface area contributed by atoms with Crippen LogP contribution < -0.4 is 10.5 Å². The van der Waals surface area contributed by atoms with E-state index in [1.54, 1.807) is 0 Å². The molecule has 1 rings (SSSR count). The van der Waals surface area contributed by atoms with Gasteiger partial charge in [-0.3, -0.25) is 5.32 Å². The van der Waals surface area contributed by atoms with E-state index in [0.29, 0.717) is 12.3 Å². The summed E-state index contributed by atoms with van der Waals surface area (Å²) in [5.74, 6) is 2.95. The molecule has 1 unspecified atom stereocenters. The highest BCUT2D eigenvalue weighted by Gasteiger charge is 2.13. The molecular weight excluding hydrogens is 216 g/mol. The summed E-state index contributed by atoms with van der Waals surface area (Å²) in [6.07, 6.45) is 5.15. The zero-order valence-electron chi connectivity index (χ0n) is 8.23. The Morgan fingerprint density at radius 2 is 2.33 bits per heavy atom. The van der Waals surface area contributed by atoms with Gasteiger partial charge in [0, 0.05) is 0 Å². The molecule has 0 radical (unpaired) electrons. The lowest BCUT2D eigenvalue weighted by Gasteiger charge is -2.04. The fourth-order valence-corrected chi connectivity index (χ4v) is 1.40. The van der Waals surface area contributed by atoms with E-state index in [0.717, 1.165) is 0 Å². The second-order valence-corrected chi connectivity index (χ2v) is 4.53. The summed E-state index contributed by atoms with van der Waals surface area (Å²) in [7, 11) is -3.76. The van der Waals surface area contributed by atoms with Crippen LogP contribution in [0.15, 0.2) is 21.6 Å². The zero-order chi connectivity index (χ0) is 11.5. The molecule has 0 aliphatic rings. The van der Waals surface area contributed by atoms with Crippen molar-refractivity contribution >= 4 is 10.0 Å². The van der Waals surface area contributed by atoms with E-state index in [-0.39, 0.29) is 11.1 Å². The molecule has 0 aromatic carbocycles. The van der Waals surface area contributed by atoms with Crippen LogP contribution in [0.3, 0.4) is 0 Å². The van der Waals surface area contributed by atoms with Gasteiger partial charge in [0.2, 0.25) is 5.09 Å². The van der Waals surface area contributed by atoms with Crippen LogP contribution in [0.4, 0.5) is 0 Å². The van der Waals surface area contributed by atoms with Gasteiger partial charge in [0.05, 0.1) is 12.6 Å². The number of primary sulfonamides is 1. The summed E-state index contributed by atoms with van der Waals surface area (Å²) in [6.45, 7) is 2.17. The van der Waals surface area contributed by atoms with Gasteiger partial charge in [0.15, 0.2) is 0 Å². The lowest BCUT2D eigenvalue weighted by atomic mass is 10.3. The Morgan fingerprint density at radius 1 is 1.67 bits per heavy atom. The highest BCUT2D eigenvalue weighted by molar-refractivity contribution is 7.89. The Kier molecular flexibility index (Phi) is 3.52. The molecule has 3 N–H and O–H groups in total. The van der Waals surface area contributed by atoms with E-state index in [2.05, 4.69) is 11.2 Å². The third-order valence-electron chi connectivity index (χ3n) is 1.75. The Hall–Kier alpha value is -1.29. The van der Waals surface area contributed by atoms with Gasteiger partial charge in [-0.15, -0.1) is 6.42 Å². The summed E-state index contributed by atoms with van der Waals surface area (Å²) in [5, 5.41) is 7.58. The Labute approximate surface area is 88.7 Å². The van der Waals surface area contributed by atoms with Crippen molar-refractivity contribution in [2.45, 2.75) is 24.6 Å². The largest absolute Gasteiger partial charge is 0.447 e. The molecule has 1 aromatic rings. The lowest BCUT2D eigenvalue weighted by molar-refractivity contribution is 0.400. The van der Waals surface area contributed by atoms with Crippen molar-refractivity contribution in [3.8, 4) is 12.3 Å². The SMILES string of the molecule is C#CC(C)NCc1ccc(S(N)(=O)=O)o1. The normalized spacial score (nSPS) is 13.4. The van der Waals surface area contributed by atoms with Gasteiger partial charge in [0.25, 0.3) is 10.0 Å². The van der Waals surface area contributed by atoms with Crippen molar-refractivity contribution in [3.63, 3.8) is 0 Å². The van der Waals surface area contributed by atoms with Gasteiger partial charge in [-0.05, 0) is 19.1 Å². The predicted octanol–water partition coefficient (Wildman–Crippen LogP) is 0.0383. The summed E-state index contributed by atoms with van der Waals surface area (Å²) in [4.78, 5) is 0. The molecule has 15 heavy (non-hydrogen) atoms. The number of hydrogen-bond donors (Lipinski definition) is 2. The third kappa shape index (κ3) is 3.40. The zero-order valence-corrected chi connectivity index (χ0v) is 9.04. The fourth-order valence-electron chi connectivity index (χ4n) is 0.919. The van der Waals surface area contributed by atoms with Crippen LogP contribution in [0.2, 0.25) is 0 Å². The molecule has 0 aliphatic carbocycles. The topological polar surface area (TPSA) is 85.3 Å². The molecule has 5 nitrogen and oxygen atoms in total. The summed E-state index contributed by atoms with van der Waals surface area (Å²) in [5.41, 5.74) is 0. The van der Waals surface area contributed by atoms with Crippen molar-refractivity contribution in [1.82, 2.24) is 5.32 Å². The van der Waals surface area contributed by atoms with Gasteiger partial charge in [-0.25, -0.2) is 13.6 Å². The molecule has 0 spiro atoms. The summed E-state index contributed by atoms with van der Waals surface area (Å²) >= 11 is 0. The van der Waals surface area contributed by atoms with E-state index in [1.807, 2.05) is 6.92 Å². The van der Waals surface area contributed by atoms with E-state index >= 15 is 0 Å². The number of hydrogen-bond acceptors (Lipinski definition) is 4. The first-order chi connectivity index (χ1) is 6.93. The minimum absolute atomic E-state index is 0.104. The van der Waals surface area contributed by atoms with E-state index < -0.39 is 10.0 Å². The lowest BCUT2D eigenvalue weighted by Crippen LogP contribution is -2.23. The molecule has 82 valence electrons. The second-order valence-electron chi connectivity index (χ2n) is 3.04. The molecule has 1 heterocycles. The van der Waals surface area contributed by atoms with Crippen LogP contribution in [0, 0.1) is 12.3 Å². The van der Waals surface area contributed by atoms with Crippen molar-refractivity contribution in [1.29, 1.82) is 0 Å². The number of rotatable bonds is 4. The van der Waals surface area contributed by atoms with Crippen LogP contribution in [-0.4, -0.2) is 14.5 Å². The number of nitrogens with one attached hydrogen (secondary N) is 1. The maximum absolute atomic E-state index is 10.9. The monoisotopic (exact) mass is 228 g/mol. The molecule has 0 amide bonds. The average Bonchev–Trinajstić information content (AvgIpc) is 2.61. The second kappa shape index (κ2) is 4.49. The number of nitrogens with two attached hydrogens (primary N) is 1. The molecule has 1 aromatic heterocycles. The van der Waals surface area contributed by atoms with E-state index in [9.17, 15) is 8.42 Å². The molecule has 1 atom stereocenters. The standard InChI is InChI=1S/C9H12N2O3S/c1-3-7(2)11-6-8-4-5-9(14-8)15(10,12)13/h1,4-5,7,11H,6H2,2H3,(H2,10,12,13). The maximum Gasteiger partial charge on any atom is 0.271 e. The molecule has 0 fully saturated rings. The van der Waals surface area contributed by atoms with Crippen molar-refractivity contribution < 1.29 is 12.8 Å².